The van der Waals surface area contributed by atoms with Crippen molar-refractivity contribution in [3.05, 3.63) is 96.1 Å². The summed E-state index contributed by atoms with van der Waals surface area (Å²) in [6, 6.07) is 19.7. The van der Waals surface area contributed by atoms with Crippen LogP contribution in [0.15, 0.2) is 79.3 Å². The number of amides is 1. The van der Waals surface area contributed by atoms with E-state index in [1.165, 1.54) is 0 Å². The predicted octanol–water partition coefficient (Wildman–Crippen LogP) is 4.43. The van der Waals surface area contributed by atoms with E-state index in [9.17, 15) is 4.79 Å². The van der Waals surface area contributed by atoms with Crippen LogP contribution in [0.3, 0.4) is 0 Å². The molecule has 6 heteroatoms. The van der Waals surface area contributed by atoms with Gasteiger partial charge in [-0.05, 0) is 49.6 Å². The molecular formula is C24H23N5O. The van der Waals surface area contributed by atoms with Gasteiger partial charge in [-0.15, -0.1) is 0 Å². The number of aromatic nitrogens is 4. The minimum absolute atomic E-state index is 0.0955. The van der Waals surface area contributed by atoms with Crippen molar-refractivity contribution in [3.8, 4) is 11.4 Å². The largest absolute Gasteiger partial charge is 0.345 e. The lowest BCUT2D eigenvalue weighted by Crippen LogP contribution is -2.28. The minimum atomic E-state index is -0.176. The molecule has 0 bridgehead atoms. The van der Waals surface area contributed by atoms with Gasteiger partial charge in [0, 0.05) is 18.3 Å². The summed E-state index contributed by atoms with van der Waals surface area (Å²) in [6.45, 7) is 2.00. The lowest BCUT2D eigenvalue weighted by molar-refractivity contribution is 0.0939. The van der Waals surface area contributed by atoms with Gasteiger partial charge in [-0.3, -0.25) is 4.79 Å². The number of carbonyl (C=O) groups is 1. The molecular weight excluding hydrogens is 374 g/mol. The Morgan fingerprint density at radius 3 is 2.53 bits per heavy atom. The molecule has 0 unspecified atom stereocenters. The molecule has 2 aromatic carbocycles. The second kappa shape index (κ2) is 7.63. The molecule has 2 heterocycles. The van der Waals surface area contributed by atoms with Crippen molar-refractivity contribution >= 4 is 5.91 Å². The fourth-order valence-electron chi connectivity index (χ4n) is 3.88. The van der Waals surface area contributed by atoms with Gasteiger partial charge in [0.1, 0.15) is 0 Å². The molecule has 6 nitrogen and oxygen atoms in total. The first kappa shape index (κ1) is 18.4. The van der Waals surface area contributed by atoms with Crippen molar-refractivity contribution in [1.29, 1.82) is 0 Å². The van der Waals surface area contributed by atoms with Crippen molar-refractivity contribution in [2.45, 2.75) is 31.7 Å². The van der Waals surface area contributed by atoms with E-state index >= 15 is 0 Å². The maximum atomic E-state index is 13.2. The van der Waals surface area contributed by atoms with Gasteiger partial charge in [-0.1, -0.05) is 36.4 Å². The van der Waals surface area contributed by atoms with Crippen molar-refractivity contribution in [2.24, 2.45) is 0 Å². The molecule has 0 aliphatic heterocycles. The molecule has 1 saturated carbocycles. The van der Waals surface area contributed by atoms with Gasteiger partial charge >= 0.3 is 0 Å². The molecule has 30 heavy (non-hydrogen) atoms. The highest BCUT2D eigenvalue weighted by Crippen LogP contribution is 2.42. The summed E-state index contributed by atoms with van der Waals surface area (Å²) in [5.74, 6) is 0.293. The molecule has 0 spiro atoms. The summed E-state index contributed by atoms with van der Waals surface area (Å²) in [6.07, 6.45) is 7.54. The standard InChI is InChI=1S/C24H23N5O/c1-17(20-10-5-6-11-22(20)28-15-7-14-25-28)27-24(30)21-16-26-29(23(21)18-12-13-18)19-8-3-2-4-9-19/h2-11,14-18H,12-13H2,1H3,(H,27,30)/t17-/m1/s1. The average molecular weight is 397 g/mol. The van der Waals surface area contributed by atoms with E-state index in [-0.39, 0.29) is 11.9 Å². The Kier molecular flexibility index (Phi) is 4.67. The molecule has 1 aliphatic rings. The highest BCUT2D eigenvalue weighted by atomic mass is 16.1. The molecule has 1 N–H and O–H groups in total. The number of rotatable bonds is 6. The maximum absolute atomic E-state index is 13.2. The minimum Gasteiger partial charge on any atom is -0.345 e. The number of nitrogens with one attached hydrogen (secondary N) is 1. The SMILES string of the molecule is C[C@@H](NC(=O)c1cnn(-c2ccccc2)c1C1CC1)c1ccccc1-n1cccn1. The van der Waals surface area contributed by atoms with Gasteiger partial charge in [0.25, 0.3) is 5.91 Å². The van der Waals surface area contributed by atoms with Crippen LogP contribution in [0.4, 0.5) is 0 Å². The van der Waals surface area contributed by atoms with E-state index in [0.29, 0.717) is 11.5 Å². The van der Waals surface area contributed by atoms with Gasteiger partial charge in [-0.25, -0.2) is 9.36 Å². The third kappa shape index (κ3) is 3.41. The molecule has 4 aromatic rings. The van der Waals surface area contributed by atoms with Crippen molar-refractivity contribution in [3.63, 3.8) is 0 Å². The Balaban J connectivity index is 1.44. The Labute approximate surface area is 175 Å². The molecule has 1 amide bonds. The first-order valence-corrected chi connectivity index (χ1v) is 10.3. The number of hydrogen-bond acceptors (Lipinski definition) is 3. The second-order valence-corrected chi connectivity index (χ2v) is 7.67. The van der Waals surface area contributed by atoms with Crippen molar-refractivity contribution in [2.75, 3.05) is 0 Å². The summed E-state index contributed by atoms with van der Waals surface area (Å²) in [5.41, 5.74) is 4.61. The van der Waals surface area contributed by atoms with Crippen LogP contribution in [0.2, 0.25) is 0 Å². The Morgan fingerprint density at radius 1 is 1.03 bits per heavy atom. The van der Waals surface area contributed by atoms with E-state index in [1.54, 1.807) is 12.4 Å². The molecule has 0 radical (unpaired) electrons. The zero-order chi connectivity index (χ0) is 20.5. The number of carbonyl (C=O) groups excluding carboxylic acids is 1. The van der Waals surface area contributed by atoms with Crippen LogP contribution >= 0.6 is 0 Å². The molecule has 1 fully saturated rings. The number of benzene rings is 2. The Hall–Kier alpha value is -3.67. The molecule has 1 atom stereocenters. The van der Waals surface area contributed by atoms with Crippen LogP contribution in [0.25, 0.3) is 11.4 Å². The molecule has 2 aromatic heterocycles. The summed E-state index contributed by atoms with van der Waals surface area (Å²) < 4.78 is 3.73. The zero-order valence-electron chi connectivity index (χ0n) is 16.8. The normalized spacial score (nSPS) is 14.4. The lowest BCUT2D eigenvalue weighted by atomic mass is 10.0. The van der Waals surface area contributed by atoms with Gasteiger partial charge in [0.05, 0.1) is 34.9 Å². The summed E-state index contributed by atoms with van der Waals surface area (Å²) >= 11 is 0. The zero-order valence-corrected chi connectivity index (χ0v) is 16.8. The summed E-state index contributed by atoms with van der Waals surface area (Å²) in [5, 5.41) is 12.1. The van der Waals surface area contributed by atoms with Crippen molar-refractivity contribution in [1.82, 2.24) is 24.9 Å². The highest BCUT2D eigenvalue weighted by Gasteiger charge is 2.33. The van der Waals surface area contributed by atoms with Gasteiger partial charge in [-0.2, -0.15) is 10.2 Å². The average Bonchev–Trinajstić information content (AvgIpc) is 3.28. The van der Waals surface area contributed by atoms with E-state index in [2.05, 4.69) is 15.5 Å². The Bertz CT molecular complexity index is 1160. The van der Waals surface area contributed by atoms with Crippen LogP contribution in [0, 0.1) is 0 Å². The van der Waals surface area contributed by atoms with Crippen LogP contribution in [-0.4, -0.2) is 25.5 Å². The predicted molar refractivity (Wildman–Crippen MR) is 115 cm³/mol. The number of para-hydroxylation sites is 2. The maximum Gasteiger partial charge on any atom is 0.255 e. The van der Waals surface area contributed by atoms with Crippen molar-refractivity contribution < 1.29 is 4.79 Å². The summed E-state index contributed by atoms with van der Waals surface area (Å²) in [4.78, 5) is 13.2. The quantitative estimate of drug-likeness (QED) is 0.524. The van der Waals surface area contributed by atoms with Gasteiger partial charge in [0.2, 0.25) is 0 Å². The highest BCUT2D eigenvalue weighted by molar-refractivity contribution is 5.96. The fourth-order valence-corrected chi connectivity index (χ4v) is 3.88. The van der Waals surface area contributed by atoms with E-state index < -0.39 is 0 Å². The summed E-state index contributed by atoms with van der Waals surface area (Å²) in [7, 11) is 0. The molecule has 5 rings (SSSR count). The number of hydrogen-bond donors (Lipinski definition) is 1. The lowest BCUT2D eigenvalue weighted by Gasteiger charge is -2.18. The smallest absolute Gasteiger partial charge is 0.255 e. The van der Waals surface area contributed by atoms with E-state index in [0.717, 1.165) is 35.5 Å². The molecule has 0 saturated heterocycles. The number of nitrogens with zero attached hydrogens (tertiary/aromatic N) is 4. The molecule has 1 aliphatic carbocycles. The van der Waals surface area contributed by atoms with E-state index in [1.807, 2.05) is 83.1 Å². The van der Waals surface area contributed by atoms with Crippen LogP contribution in [0.5, 0.6) is 0 Å². The fraction of sp³-hybridized carbons (Fsp3) is 0.208. The third-order valence-electron chi connectivity index (χ3n) is 5.52. The van der Waals surface area contributed by atoms with Crippen LogP contribution < -0.4 is 5.32 Å². The first-order valence-electron chi connectivity index (χ1n) is 10.3. The second-order valence-electron chi connectivity index (χ2n) is 7.67. The van der Waals surface area contributed by atoms with E-state index in [4.69, 9.17) is 0 Å². The van der Waals surface area contributed by atoms with Gasteiger partial charge in [0.15, 0.2) is 0 Å². The third-order valence-corrected chi connectivity index (χ3v) is 5.52. The van der Waals surface area contributed by atoms with Gasteiger partial charge < -0.3 is 5.32 Å². The topological polar surface area (TPSA) is 64.7 Å². The van der Waals surface area contributed by atoms with Crippen LogP contribution in [-0.2, 0) is 0 Å². The first-order chi connectivity index (χ1) is 14.7. The molecule has 150 valence electrons. The van der Waals surface area contributed by atoms with Crippen LogP contribution in [0.1, 0.15) is 53.3 Å². The Morgan fingerprint density at radius 2 is 1.80 bits per heavy atom. The monoisotopic (exact) mass is 397 g/mol.